The fourth-order valence-electron chi connectivity index (χ4n) is 1.61. The van der Waals surface area contributed by atoms with Crippen molar-refractivity contribution in [2.24, 2.45) is 10.9 Å². The highest BCUT2D eigenvalue weighted by molar-refractivity contribution is 9.10. The van der Waals surface area contributed by atoms with E-state index in [0.29, 0.717) is 0 Å². The van der Waals surface area contributed by atoms with Gasteiger partial charge in [-0.2, -0.15) is 13.2 Å². The molecule has 0 aliphatic carbocycles. The minimum Gasteiger partial charge on any atom is -0.409 e. The van der Waals surface area contributed by atoms with Crippen LogP contribution in [-0.4, -0.2) is 29.1 Å². The smallest absolute Gasteiger partial charge is 0.409 e. The summed E-state index contributed by atoms with van der Waals surface area (Å²) in [5.74, 6) is -0.269. The number of rotatable bonds is 4. The molecule has 0 radical (unpaired) electrons. The molecule has 5 nitrogen and oxygen atoms in total. The normalized spacial score (nSPS) is 14.2. The van der Waals surface area contributed by atoms with Crippen molar-refractivity contribution < 1.29 is 18.4 Å². The van der Waals surface area contributed by atoms with E-state index < -0.39 is 17.8 Å². The third-order valence-corrected chi connectivity index (χ3v) is 3.20. The molecule has 1 atom stereocenters. The SMILES string of the molecule is CC(CC(N)=NO)N(C)c1ncc(Br)cc1C(F)(F)F. The van der Waals surface area contributed by atoms with E-state index in [1.807, 2.05) is 0 Å². The van der Waals surface area contributed by atoms with Gasteiger partial charge in [-0.3, -0.25) is 0 Å². The molecule has 3 N–H and O–H groups in total. The predicted molar refractivity (Wildman–Crippen MR) is 72.8 cm³/mol. The molecule has 112 valence electrons. The van der Waals surface area contributed by atoms with E-state index in [-0.39, 0.29) is 22.5 Å². The molecule has 0 aromatic carbocycles. The molecule has 20 heavy (non-hydrogen) atoms. The van der Waals surface area contributed by atoms with E-state index in [1.54, 1.807) is 6.92 Å². The van der Waals surface area contributed by atoms with Crippen molar-refractivity contribution in [1.29, 1.82) is 0 Å². The van der Waals surface area contributed by atoms with Gasteiger partial charge in [0.05, 0.1) is 5.56 Å². The highest BCUT2D eigenvalue weighted by atomic mass is 79.9. The van der Waals surface area contributed by atoms with Crippen LogP contribution < -0.4 is 10.6 Å². The van der Waals surface area contributed by atoms with Crippen LogP contribution in [0, 0.1) is 0 Å². The molecule has 1 unspecified atom stereocenters. The number of nitrogens with two attached hydrogens (primary N) is 1. The van der Waals surface area contributed by atoms with Crippen molar-refractivity contribution in [3.8, 4) is 0 Å². The van der Waals surface area contributed by atoms with Crippen LogP contribution >= 0.6 is 15.9 Å². The molecular weight excluding hydrogens is 341 g/mol. The predicted octanol–water partition coefficient (Wildman–Crippen LogP) is 2.82. The van der Waals surface area contributed by atoms with Gasteiger partial charge in [-0.05, 0) is 28.9 Å². The number of hydrogen-bond acceptors (Lipinski definition) is 4. The second-order valence-electron chi connectivity index (χ2n) is 4.28. The van der Waals surface area contributed by atoms with Gasteiger partial charge in [-0.1, -0.05) is 5.16 Å². The Labute approximate surface area is 122 Å². The number of halogens is 4. The molecule has 1 rings (SSSR count). The fraction of sp³-hybridized carbons (Fsp3) is 0.455. The van der Waals surface area contributed by atoms with E-state index >= 15 is 0 Å². The first-order chi connectivity index (χ1) is 9.16. The summed E-state index contributed by atoms with van der Waals surface area (Å²) in [6.45, 7) is 1.65. The Hall–Kier alpha value is -1.51. The molecular formula is C11H14BrF3N4O. The Balaban J connectivity index is 3.12. The van der Waals surface area contributed by atoms with Gasteiger partial charge >= 0.3 is 6.18 Å². The maximum atomic E-state index is 13.0. The number of pyridine rings is 1. The maximum Gasteiger partial charge on any atom is 0.419 e. The van der Waals surface area contributed by atoms with Crippen LogP contribution in [-0.2, 0) is 6.18 Å². The molecule has 9 heteroatoms. The average molecular weight is 355 g/mol. The van der Waals surface area contributed by atoms with Crippen molar-refractivity contribution in [1.82, 2.24) is 4.98 Å². The van der Waals surface area contributed by atoms with Crippen LogP contribution in [0.25, 0.3) is 0 Å². The quantitative estimate of drug-likeness (QED) is 0.377. The molecule has 0 aliphatic rings. The molecule has 0 fully saturated rings. The third-order valence-electron chi connectivity index (χ3n) is 2.77. The number of anilines is 1. The van der Waals surface area contributed by atoms with Crippen molar-refractivity contribution >= 4 is 27.6 Å². The third kappa shape index (κ3) is 3.99. The van der Waals surface area contributed by atoms with Gasteiger partial charge in [0.25, 0.3) is 0 Å². The largest absolute Gasteiger partial charge is 0.419 e. The summed E-state index contributed by atoms with van der Waals surface area (Å²) < 4.78 is 39.3. The number of hydrogen-bond donors (Lipinski definition) is 2. The number of amidine groups is 1. The zero-order valence-electron chi connectivity index (χ0n) is 10.8. The van der Waals surface area contributed by atoms with E-state index in [4.69, 9.17) is 10.9 Å². The highest BCUT2D eigenvalue weighted by Gasteiger charge is 2.36. The van der Waals surface area contributed by atoms with E-state index in [9.17, 15) is 13.2 Å². The summed E-state index contributed by atoms with van der Waals surface area (Å²) in [5.41, 5.74) is 4.51. The molecule has 0 spiro atoms. The molecule has 0 bridgehead atoms. The van der Waals surface area contributed by atoms with Gasteiger partial charge in [0, 0.05) is 30.2 Å². The molecule has 0 saturated carbocycles. The second-order valence-corrected chi connectivity index (χ2v) is 5.19. The Kier molecular flexibility index (Phi) is 5.21. The van der Waals surface area contributed by atoms with Crippen molar-refractivity contribution in [2.75, 3.05) is 11.9 Å². The Morgan fingerprint density at radius 2 is 2.20 bits per heavy atom. The lowest BCUT2D eigenvalue weighted by molar-refractivity contribution is -0.137. The molecule has 1 aromatic rings. The average Bonchev–Trinajstić information content (AvgIpc) is 2.36. The zero-order chi connectivity index (χ0) is 15.5. The summed E-state index contributed by atoms with van der Waals surface area (Å²) in [6.07, 6.45) is -3.12. The standard InChI is InChI=1S/C11H14BrF3N4O/c1-6(3-9(16)18-20)19(2)10-8(11(13,14)15)4-7(12)5-17-10/h4-6,20H,3H2,1-2H3,(H2,16,18). The van der Waals surface area contributed by atoms with Crippen LogP contribution in [0.4, 0.5) is 19.0 Å². The van der Waals surface area contributed by atoms with Gasteiger partial charge < -0.3 is 15.8 Å². The van der Waals surface area contributed by atoms with E-state index in [0.717, 1.165) is 6.07 Å². The summed E-state index contributed by atoms with van der Waals surface area (Å²) in [4.78, 5) is 5.16. The lowest BCUT2D eigenvalue weighted by atomic mass is 10.1. The minimum absolute atomic E-state index is 0.0602. The van der Waals surface area contributed by atoms with Gasteiger partial charge in [-0.25, -0.2) is 4.98 Å². The van der Waals surface area contributed by atoms with Crippen molar-refractivity contribution in [2.45, 2.75) is 25.6 Å². The molecule has 0 amide bonds. The number of alkyl halides is 3. The molecule has 1 heterocycles. The highest BCUT2D eigenvalue weighted by Crippen LogP contribution is 2.37. The lowest BCUT2D eigenvalue weighted by Gasteiger charge is -2.28. The van der Waals surface area contributed by atoms with Crippen molar-refractivity contribution in [3.05, 3.63) is 22.3 Å². The molecule has 0 aliphatic heterocycles. The first kappa shape index (κ1) is 16.5. The topological polar surface area (TPSA) is 74.7 Å². The summed E-state index contributed by atoms with van der Waals surface area (Å²) in [5, 5.41) is 11.3. The Bertz CT molecular complexity index is 507. The van der Waals surface area contributed by atoms with Crippen LogP contribution in [0.2, 0.25) is 0 Å². The van der Waals surface area contributed by atoms with Crippen LogP contribution in [0.5, 0.6) is 0 Å². The van der Waals surface area contributed by atoms with E-state index in [2.05, 4.69) is 26.1 Å². The minimum atomic E-state index is -4.52. The van der Waals surface area contributed by atoms with Crippen molar-refractivity contribution in [3.63, 3.8) is 0 Å². The zero-order valence-corrected chi connectivity index (χ0v) is 12.4. The summed E-state index contributed by atoms with van der Waals surface area (Å²) >= 11 is 2.97. The van der Waals surface area contributed by atoms with Gasteiger partial charge in [0.2, 0.25) is 0 Å². The number of nitrogens with zero attached hydrogens (tertiary/aromatic N) is 3. The number of oxime groups is 1. The summed E-state index contributed by atoms with van der Waals surface area (Å²) in [6, 6.07) is 0.551. The van der Waals surface area contributed by atoms with Gasteiger partial charge in [0.15, 0.2) is 0 Å². The lowest BCUT2D eigenvalue weighted by Crippen LogP contribution is -2.35. The van der Waals surface area contributed by atoms with Crippen LogP contribution in [0.3, 0.4) is 0 Å². The first-order valence-electron chi connectivity index (χ1n) is 5.58. The second kappa shape index (κ2) is 6.29. The van der Waals surface area contributed by atoms with Crippen LogP contribution in [0.1, 0.15) is 18.9 Å². The number of aromatic nitrogens is 1. The Morgan fingerprint density at radius 1 is 1.60 bits per heavy atom. The summed E-state index contributed by atoms with van der Waals surface area (Å²) in [7, 11) is 1.47. The molecule has 1 aromatic heterocycles. The maximum absolute atomic E-state index is 13.0. The monoisotopic (exact) mass is 354 g/mol. The Morgan fingerprint density at radius 3 is 2.70 bits per heavy atom. The van der Waals surface area contributed by atoms with Gasteiger partial charge in [-0.15, -0.1) is 0 Å². The fourth-order valence-corrected chi connectivity index (χ4v) is 1.94. The first-order valence-corrected chi connectivity index (χ1v) is 6.38. The van der Waals surface area contributed by atoms with E-state index in [1.165, 1.54) is 18.1 Å². The van der Waals surface area contributed by atoms with Crippen LogP contribution in [0.15, 0.2) is 21.9 Å². The molecule has 0 saturated heterocycles. The van der Waals surface area contributed by atoms with Gasteiger partial charge in [0.1, 0.15) is 11.7 Å².